The van der Waals surface area contributed by atoms with E-state index in [4.69, 9.17) is 0 Å². The quantitative estimate of drug-likeness (QED) is 0.778. The van der Waals surface area contributed by atoms with Crippen molar-refractivity contribution in [3.8, 4) is 0 Å². The highest BCUT2D eigenvalue weighted by Crippen LogP contribution is 2.23. The normalized spacial score (nSPS) is 13.4. The zero-order valence-electron chi connectivity index (χ0n) is 11.3. The smallest absolute Gasteiger partial charge is 0.343 e. The van der Waals surface area contributed by atoms with E-state index in [0.29, 0.717) is 12.1 Å². The van der Waals surface area contributed by atoms with Gasteiger partial charge in [0.05, 0.1) is 13.7 Å². The second-order valence-corrected chi connectivity index (χ2v) is 3.99. The summed E-state index contributed by atoms with van der Waals surface area (Å²) in [4.78, 5) is 22.4. The van der Waals surface area contributed by atoms with E-state index in [1.165, 1.54) is 6.92 Å². The fourth-order valence-corrected chi connectivity index (χ4v) is 1.60. The van der Waals surface area contributed by atoms with Crippen molar-refractivity contribution in [1.82, 2.24) is 0 Å². The summed E-state index contributed by atoms with van der Waals surface area (Å²) in [5, 5.41) is 19.2. The van der Waals surface area contributed by atoms with Gasteiger partial charge in [-0.15, -0.1) is 0 Å². The molecule has 0 heterocycles. The van der Waals surface area contributed by atoms with Gasteiger partial charge < -0.3 is 19.7 Å². The molecular formula is C13H14F2O6. The van der Waals surface area contributed by atoms with Crippen molar-refractivity contribution < 1.29 is 38.1 Å². The minimum Gasteiger partial charge on any atom is -0.465 e. The molecule has 0 fully saturated rings. The summed E-state index contributed by atoms with van der Waals surface area (Å²) in [5.41, 5.74) is -1.35. The molecule has 2 unspecified atom stereocenters. The first-order valence-electron chi connectivity index (χ1n) is 5.93. The molecule has 0 aliphatic rings. The van der Waals surface area contributed by atoms with Crippen LogP contribution < -0.4 is 0 Å². The van der Waals surface area contributed by atoms with Crippen LogP contribution in [-0.2, 0) is 14.3 Å². The van der Waals surface area contributed by atoms with Crippen molar-refractivity contribution in [2.45, 2.75) is 19.1 Å². The number of aliphatic hydroxyl groups excluding tert-OH is 2. The van der Waals surface area contributed by atoms with Gasteiger partial charge in [0, 0.05) is 0 Å². The summed E-state index contributed by atoms with van der Waals surface area (Å²) in [5.74, 6) is -4.93. The predicted octanol–water partition coefficient (Wildman–Crippen LogP) is 0.709. The molecule has 2 atom stereocenters. The van der Waals surface area contributed by atoms with Gasteiger partial charge in [-0.1, -0.05) is 0 Å². The first kappa shape index (κ1) is 17.0. The van der Waals surface area contributed by atoms with Crippen molar-refractivity contribution >= 4 is 11.9 Å². The van der Waals surface area contributed by atoms with Gasteiger partial charge >= 0.3 is 11.9 Å². The predicted molar refractivity (Wildman–Crippen MR) is 65.3 cm³/mol. The SMILES string of the molecule is CCOC(=O)C(O)C(O)c1cc(F)c(C(=O)OC)c(F)c1. The Morgan fingerprint density at radius 3 is 2.19 bits per heavy atom. The van der Waals surface area contributed by atoms with Crippen molar-refractivity contribution in [3.63, 3.8) is 0 Å². The number of benzene rings is 1. The third kappa shape index (κ3) is 3.73. The summed E-state index contributed by atoms with van der Waals surface area (Å²) in [6.45, 7) is 1.45. The van der Waals surface area contributed by atoms with E-state index in [1.54, 1.807) is 0 Å². The van der Waals surface area contributed by atoms with Crippen LogP contribution in [0.15, 0.2) is 12.1 Å². The zero-order chi connectivity index (χ0) is 16.2. The second-order valence-electron chi connectivity index (χ2n) is 3.99. The maximum absolute atomic E-state index is 13.7. The van der Waals surface area contributed by atoms with Crippen molar-refractivity contribution in [2.75, 3.05) is 13.7 Å². The molecule has 1 aromatic rings. The van der Waals surface area contributed by atoms with Crippen LogP contribution >= 0.6 is 0 Å². The molecule has 0 radical (unpaired) electrons. The molecule has 21 heavy (non-hydrogen) atoms. The van der Waals surface area contributed by atoms with Crippen LogP contribution in [0.2, 0.25) is 0 Å². The number of hydrogen-bond donors (Lipinski definition) is 2. The lowest BCUT2D eigenvalue weighted by Crippen LogP contribution is -2.30. The van der Waals surface area contributed by atoms with Crippen LogP contribution in [0.4, 0.5) is 8.78 Å². The number of halogens is 2. The molecule has 0 aromatic heterocycles. The van der Waals surface area contributed by atoms with Gasteiger partial charge in [-0.05, 0) is 24.6 Å². The van der Waals surface area contributed by atoms with Crippen molar-refractivity contribution in [2.24, 2.45) is 0 Å². The van der Waals surface area contributed by atoms with E-state index < -0.39 is 46.9 Å². The number of rotatable bonds is 5. The first-order valence-corrected chi connectivity index (χ1v) is 5.93. The van der Waals surface area contributed by atoms with Crippen LogP contribution in [0.3, 0.4) is 0 Å². The van der Waals surface area contributed by atoms with Gasteiger partial charge in [0.2, 0.25) is 0 Å². The van der Waals surface area contributed by atoms with Gasteiger partial charge in [0.1, 0.15) is 23.3 Å². The Labute approximate surface area is 118 Å². The fourth-order valence-electron chi connectivity index (χ4n) is 1.60. The summed E-state index contributed by atoms with van der Waals surface area (Å²) in [6.07, 6.45) is -3.91. The summed E-state index contributed by atoms with van der Waals surface area (Å²) in [6, 6.07) is 1.25. The standard InChI is InChI=1S/C13H14F2O6/c1-3-21-13(19)11(17)10(16)6-4-7(14)9(8(15)5-6)12(18)20-2/h4-5,10-11,16-17H,3H2,1-2H3. The molecule has 0 aliphatic heterocycles. The Balaban J connectivity index is 3.10. The Morgan fingerprint density at radius 2 is 1.76 bits per heavy atom. The molecule has 1 aromatic carbocycles. The lowest BCUT2D eigenvalue weighted by Gasteiger charge is -2.17. The lowest BCUT2D eigenvalue weighted by molar-refractivity contribution is -0.159. The molecule has 0 aliphatic carbocycles. The minimum atomic E-state index is -2.01. The average molecular weight is 304 g/mol. The molecule has 6 nitrogen and oxygen atoms in total. The average Bonchev–Trinajstić information content (AvgIpc) is 2.44. The summed E-state index contributed by atoms with van der Waals surface area (Å²) in [7, 11) is 0.953. The van der Waals surface area contributed by atoms with Gasteiger partial charge in [0.15, 0.2) is 6.10 Å². The van der Waals surface area contributed by atoms with E-state index in [0.717, 1.165) is 7.11 Å². The van der Waals surface area contributed by atoms with Crippen molar-refractivity contribution in [1.29, 1.82) is 0 Å². The van der Waals surface area contributed by atoms with Crippen LogP contribution in [0.5, 0.6) is 0 Å². The monoisotopic (exact) mass is 304 g/mol. The molecule has 8 heteroatoms. The molecule has 2 N–H and O–H groups in total. The molecule has 0 spiro atoms. The molecular weight excluding hydrogens is 290 g/mol. The Morgan fingerprint density at radius 1 is 1.24 bits per heavy atom. The number of ether oxygens (including phenoxy) is 2. The Hall–Kier alpha value is -2.06. The third-order valence-electron chi connectivity index (χ3n) is 2.62. The summed E-state index contributed by atoms with van der Waals surface area (Å²) >= 11 is 0. The second kappa shape index (κ2) is 7.09. The number of methoxy groups -OCH3 is 1. The third-order valence-corrected chi connectivity index (χ3v) is 2.62. The van der Waals surface area contributed by atoms with Crippen LogP contribution in [0, 0.1) is 11.6 Å². The molecule has 1 rings (SSSR count). The van der Waals surface area contributed by atoms with Crippen LogP contribution in [0.25, 0.3) is 0 Å². The highest BCUT2D eigenvalue weighted by atomic mass is 19.1. The largest absolute Gasteiger partial charge is 0.465 e. The van der Waals surface area contributed by atoms with E-state index in [-0.39, 0.29) is 6.61 Å². The fraction of sp³-hybridized carbons (Fsp3) is 0.385. The van der Waals surface area contributed by atoms with E-state index in [9.17, 15) is 28.6 Å². The maximum Gasteiger partial charge on any atom is 0.343 e. The van der Waals surface area contributed by atoms with Gasteiger partial charge in [-0.3, -0.25) is 0 Å². The van der Waals surface area contributed by atoms with E-state index >= 15 is 0 Å². The summed E-state index contributed by atoms with van der Waals surface area (Å²) < 4.78 is 36.0. The number of aliphatic hydroxyl groups is 2. The van der Waals surface area contributed by atoms with Crippen LogP contribution in [-0.4, -0.2) is 42.0 Å². The molecule has 0 saturated heterocycles. The molecule has 0 bridgehead atoms. The highest BCUT2D eigenvalue weighted by Gasteiger charge is 2.29. The lowest BCUT2D eigenvalue weighted by atomic mass is 10.0. The molecule has 0 saturated carbocycles. The van der Waals surface area contributed by atoms with Crippen LogP contribution in [0.1, 0.15) is 28.9 Å². The Kier molecular flexibility index (Phi) is 5.74. The van der Waals surface area contributed by atoms with Gasteiger partial charge in [0.25, 0.3) is 0 Å². The zero-order valence-corrected chi connectivity index (χ0v) is 11.3. The number of esters is 2. The van der Waals surface area contributed by atoms with Gasteiger partial charge in [-0.2, -0.15) is 0 Å². The highest BCUT2D eigenvalue weighted by molar-refractivity contribution is 5.90. The van der Waals surface area contributed by atoms with Gasteiger partial charge in [-0.25, -0.2) is 18.4 Å². The Bertz CT molecular complexity index is 522. The van der Waals surface area contributed by atoms with E-state index in [1.807, 2.05) is 0 Å². The maximum atomic E-state index is 13.7. The molecule has 0 amide bonds. The minimum absolute atomic E-state index is 0.0351. The molecule has 116 valence electrons. The number of carbonyl (C=O) groups is 2. The first-order chi connectivity index (χ1) is 9.83. The van der Waals surface area contributed by atoms with Crippen molar-refractivity contribution in [3.05, 3.63) is 34.9 Å². The number of carbonyl (C=O) groups excluding carboxylic acids is 2. The topological polar surface area (TPSA) is 93.1 Å². The van der Waals surface area contributed by atoms with E-state index in [2.05, 4.69) is 9.47 Å². The number of hydrogen-bond acceptors (Lipinski definition) is 6.